The summed E-state index contributed by atoms with van der Waals surface area (Å²) < 4.78 is 4.99. The highest BCUT2D eigenvalue weighted by Crippen LogP contribution is 2.16. The van der Waals surface area contributed by atoms with E-state index in [0.717, 1.165) is 13.1 Å². The summed E-state index contributed by atoms with van der Waals surface area (Å²) >= 11 is 0. The predicted octanol–water partition coefficient (Wildman–Crippen LogP) is 3.96. The van der Waals surface area contributed by atoms with Gasteiger partial charge in [-0.3, -0.25) is 0 Å². The molecule has 4 aromatic carbocycles. The van der Waals surface area contributed by atoms with Crippen molar-refractivity contribution in [2.45, 2.75) is 51.6 Å². The summed E-state index contributed by atoms with van der Waals surface area (Å²) in [6, 6.07) is 47.6. The Hall–Kier alpha value is -3.36. The first kappa shape index (κ1) is 35.5. The van der Waals surface area contributed by atoms with Gasteiger partial charge in [0.15, 0.2) is 0 Å². The molecule has 0 saturated heterocycles. The molecule has 0 radical (unpaired) electrons. The van der Waals surface area contributed by atoms with E-state index < -0.39 is 0 Å². The molecule has 0 atom stereocenters. The van der Waals surface area contributed by atoms with Gasteiger partial charge in [0.25, 0.3) is 0 Å². The number of nitrogens with zero attached hydrogens (tertiary/aromatic N) is 2. The number of pyridine rings is 2. The lowest BCUT2D eigenvalue weighted by Gasteiger charge is -2.07. The van der Waals surface area contributed by atoms with E-state index in [4.69, 9.17) is 0 Å². The van der Waals surface area contributed by atoms with E-state index in [2.05, 4.69) is 167 Å². The third-order valence-corrected chi connectivity index (χ3v) is 8.45. The minimum absolute atomic E-state index is 0. The molecule has 234 valence electrons. The van der Waals surface area contributed by atoms with Gasteiger partial charge in [0.1, 0.15) is 13.1 Å². The van der Waals surface area contributed by atoms with Crippen LogP contribution in [0, 0.1) is 0 Å². The Morgan fingerprint density at radius 2 is 0.717 bits per heavy atom. The number of benzene rings is 4. The van der Waals surface area contributed by atoms with Crippen molar-refractivity contribution in [1.29, 1.82) is 0 Å². The Morgan fingerprint density at radius 3 is 1.15 bits per heavy atom. The zero-order valence-corrected chi connectivity index (χ0v) is 30.6. The smallest absolute Gasteiger partial charge is 0.212 e. The highest BCUT2D eigenvalue weighted by molar-refractivity contribution is 5.78. The van der Waals surface area contributed by atoms with Crippen LogP contribution >= 0.6 is 0 Å². The third kappa shape index (κ3) is 9.58. The van der Waals surface area contributed by atoms with E-state index >= 15 is 0 Å². The summed E-state index contributed by atoms with van der Waals surface area (Å²) in [4.78, 5) is 0. The number of fused-ring (bicyclic) bond motifs is 2. The van der Waals surface area contributed by atoms with Crippen LogP contribution in [0.5, 0.6) is 0 Å². The second kappa shape index (κ2) is 18.7. The zero-order valence-electron chi connectivity index (χ0n) is 26.3. The van der Waals surface area contributed by atoms with Crippen LogP contribution in [-0.4, -0.2) is 0 Å². The van der Waals surface area contributed by atoms with Gasteiger partial charge in [0, 0.05) is 60.0 Å². The first-order valence-corrected chi connectivity index (χ1v) is 16.1. The molecule has 0 spiro atoms. The van der Waals surface area contributed by atoms with Crippen molar-refractivity contribution in [3.05, 3.63) is 156 Å². The van der Waals surface area contributed by atoms with Gasteiger partial charge in [-0.05, 0) is 60.4 Å². The van der Waals surface area contributed by atoms with Crippen molar-refractivity contribution in [3.8, 4) is 0 Å². The lowest BCUT2D eigenvalue weighted by Crippen LogP contribution is -3.00. The number of hydrogen-bond donors (Lipinski definition) is 0. The predicted molar refractivity (Wildman–Crippen MR) is 187 cm³/mol. The first-order chi connectivity index (χ1) is 21.8. The SMILES string of the molecule is C(=C\c1ccc2ccccc2[n+]1CCCCCCCC[n+]1c(/C=C/c2ccccc2)ccc2ccccc21)/c1ccccc1.[I-].[I-]. The summed E-state index contributed by atoms with van der Waals surface area (Å²) in [7, 11) is 0. The molecule has 0 aliphatic carbocycles. The molecule has 0 saturated carbocycles. The molecule has 0 unspecified atom stereocenters. The molecule has 2 heterocycles. The number of aromatic nitrogens is 2. The molecular weight excluding hydrogens is 786 g/mol. The molecule has 2 nitrogen and oxygen atoms in total. The van der Waals surface area contributed by atoms with Gasteiger partial charge in [-0.25, -0.2) is 0 Å². The Labute approximate surface area is 308 Å². The van der Waals surface area contributed by atoms with Crippen LogP contribution in [0.15, 0.2) is 133 Å². The van der Waals surface area contributed by atoms with Gasteiger partial charge in [-0.15, -0.1) is 0 Å². The van der Waals surface area contributed by atoms with Crippen molar-refractivity contribution in [2.75, 3.05) is 0 Å². The molecule has 0 fully saturated rings. The van der Waals surface area contributed by atoms with Crippen molar-refractivity contribution in [3.63, 3.8) is 0 Å². The van der Waals surface area contributed by atoms with Crippen molar-refractivity contribution >= 4 is 46.1 Å². The number of unbranched alkanes of at least 4 members (excludes halogenated alkanes) is 5. The molecule has 0 aliphatic rings. The van der Waals surface area contributed by atoms with Gasteiger partial charge >= 0.3 is 0 Å². The average molecular weight is 829 g/mol. The molecule has 0 bridgehead atoms. The summed E-state index contributed by atoms with van der Waals surface area (Å²) in [6.07, 6.45) is 16.4. The topological polar surface area (TPSA) is 7.76 Å². The fraction of sp³-hybridized carbons (Fsp3) is 0.190. The zero-order chi connectivity index (χ0) is 29.8. The molecule has 0 N–H and O–H groups in total. The molecule has 4 heteroatoms. The maximum atomic E-state index is 2.50. The molecule has 0 aliphatic heterocycles. The van der Waals surface area contributed by atoms with E-state index in [9.17, 15) is 0 Å². The largest absolute Gasteiger partial charge is 1.00 e. The highest BCUT2D eigenvalue weighted by atomic mass is 127. The van der Waals surface area contributed by atoms with Gasteiger partial charge < -0.3 is 48.0 Å². The molecular formula is C42H42I2N2. The van der Waals surface area contributed by atoms with Crippen LogP contribution in [0.25, 0.3) is 46.1 Å². The minimum Gasteiger partial charge on any atom is -1.00 e. The number of aryl methyl sites for hydroxylation is 2. The Morgan fingerprint density at radius 1 is 0.348 bits per heavy atom. The molecule has 0 amide bonds. The van der Waals surface area contributed by atoms with Gasteiger partial charge in [0.2, 0.25) is 22.4 Å². The van der Waals surface area contributed by atoms with Gasteiger partial charge in [-0.1, -0.05) is 97.8 Å². The number of halogens is 2. The third-order valence-electron chi connectivity index (χ3n) is 8.45. The fourth-order valence-electron chi connectivity index (χ4n) is 6.09. The minimum atomic E-state index is 0. The Balaban J connectivity index is 0.00000240. The number of rotatable bonds is 13. The lowest BCUT2D eigenvalue weighted by molar-refractivity contribution is -0.673. The maximum Gasteiger partial charge on any atom is 0.212 e. The van der Waals surface area contributed by atoms with Crippen LogP contribution in [0.2, 0.25) is 0 Å². The second-order valence-corrected chi connectivity index (χ2v) is 11.5. The maximum absolute atomic E-state index is 2.50. The van der Waals surface area contributed by atoms with Crippen LogP contribution in [-0.2, 0) is 13.1 Å². The van der Waals surface area contributed by atoms with Crippen LogP contribution in [0.3, 0.4) is 0 Å². The van der Waals surface area contributed by atoms with E-state index in [0.29, 0.717) is 0 Å². The normalized spacial score (nSPS) is 11.2. The second-order valence-electron chi connectivity index (χ2n) is 11.5. The summed E-state index contributed by atoms with van der Waals surface area (Å²) in [5.74, 6) is 0. The van der Waals surface area contributed by atoms with E-state index in [-0.39, 0.29) is 48.0 Å². The van der Waals surface area contributed by atoms with Gasteiger partial charge in [-0.2, -0.15) is 9.13 Å². The monoisotopic (exact) mass is 828 g/mol. The molecule has 2 aromatic heterocycles. The highest BCUT2D eigenvalue weighted by Gasteiger charge is 2.15. The fourth-order valence-corrected chi connectivity index (χ4v) is 6.09. The molecule has 6 rings (SSSR count). The van der Waals surface area contributed by atoms with E-state index in [1.807, 2.05) is 0 Å². The van der Waals surface area contributed by atoms with Crippen molar-refractivity contribution < 1.29 is 57.1 Å². The quantitative estimate of drug-likeness (QED) is 0.0948. The van der Waals surface area contributed by atoms with E-state index in [1.165, 1.54) is 82.8 Å². The van der Waals surface area contributed by atoms with Crippen molar-refractivity contribution in [1.82, 2.24) is 0 Å². The standard InChI is InChI=1S/C42H42N2.2HI/c1(3-15-33-43-39(29-25-35-17-7-5-8-18-35)31-27-37-21-11-13-23-41(37)43)2-4-16-34-44-40(30-26-36-19-9-6-10-20-36)32-28-38-22-12-14-24-42(38)44;;/h5-14,17-32H,1-4,15-16,33-34H2;2*1H/q+2;;/p-2/b29-25+,30-26+;;. The lowest BCUT2D eigenvalue weighted by atomic mass is 10.1. The average Bonchev–Trinajstić information content (AvgIpc) is 3.09. The summed E-state index contributed by atoms with van der Waals surface area (Å²) in [6.45, 7) is 2.08. The van der Waals surface area contributed by atoms with Crippen molar-refractivity contribution in [2.24, 2.45) is 0 Å². The van der Waals surface area contributed by atoms with Crippen LogP contribution in [0.1, 0.15) is 61.0 Å². The Kier molecular flexibility index (Phi) is 14.4. The van der Waals surface area contributed by atoms with Gasteiger partial charge in [0.05, 0.1) is 0 Å². The first-order valence-electron chi connectivity index (χ1n) is 16.1. The molecule has 6 aromatic rings. The summed E-state index contributed by atoms with van der Waals surface area (Å²) in [5.41, 5.74) is 7.61. The van der Waals surface area contributed by atoms with Crippen LogP contribution < -0.4 is 57.1 Å². The molecule has 46 heavy (non-hydrogen) atoms. The van der Waals surface area contributed by atoms with Crippen LogP contribution in [0.4, 0.5) is 0 Å². The number of para-hydroxylation sites is 2. The summed E-state index contributed by atoms with van der Waals surface area (Å²) in [5, 5.41) is 2.60. The Bertz CT molecular complexity index is 1730. The van der Waals surface area contributed by atoms with E-state index in [1.54, 1.807) is 0 Å². The number of hydrogen-bond acceptors (Lipinski definition) is 0.